The van der Waals surface area contributed by atoms with E-state index in [0.717, 1.165) is 32.4 Å². The summed E-state index contributed by atoms with van der Waals surface area (Å²) < 4.78 is 66.4. The monoisotopic (exact) mass is 441 g/mol. The third kappa shape index (κ3) is 3.48. The molecule has 6 nitrogen and oxygen atoms in total. The molecular weight excluding hydrogens is 419 g/mol. The molecule has 4 bridgehead atoms. The van der Waals surface area contributed by atoms with Crippen LogP contribution in [0.1, 0.15) is 54.4 Å². The molecule has 0 aliphatic heterocycles. The van der Waals surface area contributed by atoms with Crippen molar-refractivity contribution in [3.63, 3.8) is 0 Å². The van der Waals surface area contributed by atoms with Crippen molar-refractivity contribution in [2.75, 3.05) is 7.05 Å². The summed E-state index contributed by atoms with van der Waals surface area (Å²) in [7, 11) is -3.02. The van der Waals surface area contributed by atoms with E-state index in [1.807, 2.05) is 0 Å². The van der Waals surface area contributed by atoms with Gasteiger partial charge in [-0.2, -0.15) is 18.4 Å². The van der Waals surface area contributed by atoms with Crippen molar-refractivity contribution < 1.29 is 26.4 Å². The summed E-state index contributed by atoms with van der Waals surface area (Å²) in [5.41, 5.74) is -2.85. The number of benzene rings is 1. The molecule has 0 saturated heterocycles. The molecule has 0 radical (unpaired) electrons. The Hall–Kier alpha value is -2.12. The molecule has 0 spiro atoms. The number of hydrogen-bond donors (Lipinski definition) is 2. The second-order valence-corrected chi connectivity index (χ2v) is 10.9. The van der Waals surface area contributed by atoms with Crippen molar-refractivity contribution in [1.29, 1.82) is 5.26 Å². The molecule has 0 aromatic heterocycles. The fraction of sp³-hybridized carbons (Fsp3) is 0.600. The first-order valence-corrected chi connectivity index (χ1v) is 11.3. The number of hydrogen-bond acceptors (Lipinski definition) is 4. The van der Waals surface area contributed by atoms with Crippen molar-refractivity contribution in [3.05, 3.63) is 29.3 Å². The number of amides is 1. The van der Waals surface area contributed by atoms with Gasteiger partial charge in [0.05, 0.1) is 27.5 Å². The molecule has 0 unspecified atom stereocenters. The fourth-order valence-electron chi connectivity index (χ4n) is 6.08. The summed E-state index contributed by atoms with van der Waals surface area (Å²) in [6.07, 6.45) is -0.409. The molecule has 30 heavy (non-hydrogen) atoms. The Morgan fingerprint density at radius 2 is 1.83 bits per heavy atom. The number of nitrogens with zero attached hydrogens (tertiary/aromatic N) is 1. The van der Waals surface area contributed by atoms with Crippen LogP contribution in [-0.4, -0.2) is 26.9 Å². The van der Waals surface area contributed by atoms with Crippen molar-refractivity contribution in [2.24, 2.45) is 17.3 Å². The molecule has 4 aliphatic carbocycles. The van der Waals surface area contributed by atoms with Crippen LogP contribution in [0.15, 0.2) is 23.1 Å². The quantitative estimate of drug-likeness (QED) is 0.750. The zero-order valence-corrected chi connectivity index (χ0v) is 17.2. The third-order valence-electron chi connectivity index (χ3n) is 6.79. The van der Waals surface area contributed by atoms with E-state index in [2.05, 4.69) is 16.1 Å². The lowest BCUT2D eigenvalue weighted by Gasteiger charge is -2.59. The van der Waals surface area contributed by atoms with Gasteiger partial charge in [0.2, 0.25) is 10.0 Å². The summed E-state index contributed by atoms with van der Waals surface area (Å²) in [6, 6.07) is 4.45. The van der Waals surface area contributed by atoms with E-state index >= 15 is 0 Å². The van der Waals surface area contributed by atoms with Crippen LogP contribution in [0.2, 0.25) is 0 Å². The van der Waals surface area contributed by atoms with Gasteiger partial charge >= 0.3 is 6.18 Å². The number of nitriles is 1. The highest BCUT2D eigenvalue weighted by Gasteiger charge is 2.58. The fourth-order valence-corrected chi connectivity index (χ4v) is 6.98. The van der Waals surface area contributed by atoms with Gasteiger partial charge in [0.15, 0.2) is 0 Å². The van der Waals surface area contributed by atoms with Gasteiger partial charge in [0, 0.05) is 5.54 Å². The van der Waals surface area contributed by atoms with Crippen LogP contribution < -0.4 is 10.0 Å². The lowest BCUT2D eigenvalue weighted by Crippen LogP contribution is -2.62. The number of halogens is 3. The van der Waals surface area contributed by atoms with E-state index < -0.39 is 49.1 Å². The summed E-state index contributed by atoms with van der Waals surface area (Å²) in [5, 5.41) is 12.6. The highest BCUT2D eigenvalue weighted by atomic mass is 32.2. The number of carbonyl (C=O) groups excluding carboxylic acids is 1. The zero-order chi connectivity index (χ0) is 21.9. The highest BCUT2D eigenvalue weighted by Crippen LogP contribution is 2.61. The predicted molar refractivity (Wildman–Crippen MR) is 101 cm³/mol. The SMILES string of the molecule is CNS(=O)(=O)c1ccc(C(F)(F)F)cc1C(=O)NC12C[C@@H]3C[C@H](CC(C#N)(C3)C1)C2. The molecule has 1 amide bonds. The zero-order valence-electron chi connectivity index (χ0n) is 16.3. The Balaban J connectivity index is 1.72. The van der Waals surface area contributed by atoms with Crippen LogP contribution in [0, 0.1) is 28.6 Å². The minimum atomic E-state index is -4.72. The van der Waals surface area contributed by atoms with Crippen LogP contribution in [0.25, 0.3) is 0 Å². The largest absolute Gasteiger partial charge is 0.416 e. The molecule has 10 heteroatoms. The molecule has 2 atom stereocenters. The van der Waals surface area contributed by atoms with Gasteiger partial charge < -0.3 is 5.32 Å². The van der Waals surface area contributed by atoms with Crippen LogP contribution in [-0.2, 0) is 16.2 Å². The first-order chi connectivity index (χ1) is 13.9. The Morgan fingerprint density at radius 3 is 2.37 bits per heavy atom. The summed E-state index contributed by atoms with van der Waals surface area (Å²) >= 11 is 0. The van der Waals surface area contributed by atoms with E-state index in [-0.39, 0.29) is 11.8 Å². The number of nitrogens with one attached hydrogen (secondary N) is 2. The maximum absolute atomic E-state index is 13.2. The van der Waals surface area contributed by atoms with Crippen molar-refractivity contribution in [1.82, 2.24) is 10.0 Å². The lowest BCUT2D eigenvalue weighted by atomic mass is 9.47. The van der Waals surface area contributed by atoms with Gasteiger partial charge in [-0.3, -0.25) is 4.79 Å². The van der Waals surface area contributed by atoms with Crippen LogP contribution in [0.4, 0.5) is 13.2 Å². The smallest absolute Gasteiger partial charge is 0.346 e. The third-order valence-corrected chi connectivity index (χ3v) is 8.26. The molecule has 0 heterocycles. The first kappa shape index (κ1) is 21.1. The molecular formula is C20H22F3N3O3S. The summed E-state index contributed by atoms with van der Waals surface area (Å²) in [4.78, 5) is 12.6. The van der Waals surface area contributed by atoms with Gasteiger partial charge in [-0.1, -0.05) is 0 Å². The van der Waals surface area contributed by atoms with Gasteiger partial charge in [-0.05, 0) is 75.6 Å². The van der Waals surface area contributed by atoms with Crippen molar-refractivity contribution >= 4 is 15.9 Å². The van der Waals surface area contributed by atoms with Crippen molar-refractivity contribution in [3.8, 4) is 6.07 Å². The Kier molecular flexibility index (Phi) is 4.71. The average Bonchev–Trinajstić information content (AvgIpc) is 2.65. The molecule has 5 rings (SSSR count). The Labute approximate surface area is 172 Å². The van der Waals surface area contributed by atoms with E-state index in [1.165, 1.54) is 0 Å². The Morgan fingerprint density at radius 1 is 1.20 bits per heavy atom. The first-order valence-electron chi connectivity index (χ1n) is 9.80. The predicted octanol–water partition coefficient (Wildman–Crippen LogP) is 3.21. The van der Waals surface area contributed by atoms with Gasteiger partial charge in [0.1, 0.15) is 0 Å². The maximum Gasteiger partial charge on any atom is 0.416 e. The molecule has 1 aromatic carbocycles. The lowest BCUT2D eigenvalue weighted by molar-refractivity contribution is -0.137. The van der Waals surface area contributed by atoms with Crippen LogP contribution in [0.3, 0.4) is 0 Å². The number of alkyl halides is 3. The number of carbonyl (C=O) groups is 1. The minimum Gasteiger partial charge on any atom is -0.346 e. The average molecular weight is 441 g/mol. The molecule has 4 saturated carbocycles. The van der Waals surface area contributed by atoms with Crippen molar-refractivity contribution in [2.45, 2.75) is 55.1 Å². The molecule has 4 aliphatic rings. The van der Waals surface area contributed by atoms with Crippen LogP contribution in [0.5, 0.6) is 0 Å². The van der Waals surface area contributed by atoms with E-state index in [4.69, 9.17) is 0 Å². The van der Waals surface area contributed by atoms with Gasteiger partial charge in [-0.25, -0.2) is 13.1 Å². The van der Waals surface area contributed by atoms with Crippen LogP contribution >= 0.6 is 0 Å². The van der Waals surface area contributed by atoms with E-state index in [0.29, 0.717) is 31.4 Å². The summed E-state index contributed by atoms with van der Waals surface area (Å²) in [6.45, 7) is 0. The highest BCUT2D eigenvalue weighted by molar-refractivity contribution is 7.89. The second kappa shape index (κ2) is 6.69. The normalized spacial score (nSPS) is 32.6. The Bertz CT molecular complexity index is 1030. The minimum absolute atomic E-state index is 0.285. The summed E-state index contributed by atoms with van der Waals surface area (Å²) in [5.74, 6) is -0.286. The number of sulfonamides is 1. The second-order valence-electron chi connectivity index (χ2n) is 9.00. The van der Waals surface area contributed by atoms with Gasteiger partial charge in [-0.15, -0.1) is 0 Å². The molecule has 2 N–H and O–H groups in total. The molecule has 4 fully saturated rings. The maximum atomic E-state index is 13.2. The van der Waals surface area contributed by atoms with Gasteiger partial charge in [0.25, 0.3) is 5.91 Å². The standard InChI is InChI=1S/C20H22F3N3O3S/c1-25-30(28,29)16-3-2-14(20(21,22)23)5-15(16)17(27)26-19-8-12-4-13(9-19)7-18(6-12,10-19)11-24/h2-3,5,12-13,25H,4,6-10H2,1H3,(H,26,27)/t12-,13-,18?,19?/m1/s1. The molecule has 162 valence electrons. The van der Waals surface area contributed by atoms with E-state index in [9.17, 15) is 31.6 Å². The number of rotatable bonds is 4. The topological polar surface area (TPSA) is 99.1 Å². The van der Waals surface area contributed by atoms with E-state index in [1.54, 1.807) is 0 Å². The molecule has 1 aromatic rings.